The lowest BCUT2D eigenvalue weighted by Gasteiger charge is -2.68. The van der Waals surface area contributed by atoms with Crippen molar-refractivity contribution in [1.29, 1.82) is 0 Å². The van der Waals surface area contributed by atoms with Crippen LogP contribution < -0.4 is 5.32 Å². The van der Waals surface area contributed by atoms with Crippen LogP contribution in [0.4, 0.5) is 0 Å². The molecule has 3 aromatic carbocycles. The summed E-state index contributed by atoms with van der Waals surface area (Å²) in [5.41, 5.74) is -6.03. The number of rotatable bonds is 11. The minimum Gasteiger partial charge on any atom is -0.456 e. The molecule has 1 aliphatic heterocycles. The molecule has 3 fully saturated rings. The number of carbonyl (C=O) groups is 6. The quantitative estimate of drug-likeness (QED) is 0.0914. The summed E-state index contributed by atoms with van der Waals surface area (Å²) >= 11 is 0. The Labute approximate surface area is 359 Å². The van der Waals surface area contributed by atoms with Crippen molar-refractivity contribution in [3.05, 3.63) is 119 Å². The van der Waals surface area contributed by atoms with E-state index in [1.807, 2.05) is 0 Å². The molecule has 14 heteroatoms. The molecule has 0 spiro atoms. The van der Waals surface area contributed by atoms with Crippen molar-refractivity contribution in [2.24, 2.45) is 22.7 Å². The van der Waals surface area contributed by atoms with Gasteiger partial charge in [0, 0.05) is 61.5 Å². The Morgan fingerprint density at radius 3 is 1.98 bits per heavy atom. The van der Waals surface area contributed by atoms with Crippen LogP contribution >= 0.6 is 0 Å². The molecular formula is C48H53NO13. The fourth-order valence-electron chi connectivity index (χ4n) is 10.8. The third kappa shape index (κ3) is 7.36. The van der Waals surface area contributed by atoms with Crippen molar-refractivity contribution < 1.29 is 63.0 Å². The van der Waals surface area contributed by atoms with E-state index < -0.39 is 119 Å². The van der Waals surface area contributed by atoms with E-state index in [4.69, 9.17) is 18.9 Å². The molecule has 4 N–H and O–H groups in total. The number of fused-ring (bicyclic) bond motifs is 5. The van der Waals surface area contributed by atoms with E-state index in [9.17, 15) is 39.3 Å². The topological polar surface area (TPSA) is 212 Å². The highest BCUT2D eigenvalue weighted by Crippen LogP contribution is 2.66. The molecular weight excluding hydrogens is 799 g/mol. The van der Waals surface area contributed by atoms with Crippen LogP contribution in [0.5, 0.6) is 0 Å². The molecule has 328 valence electrons. The zero-order valence-corrected chi connectivity index (χ0v) is 35.5. The third-order valence-electron chi connectivity index (χ3n) is 14.0. The number of aliphatic hydroxyl groups excluding tert-OH is 2. The second-order valence-electron chi connectivity index (χ2n) is 17.8. The molecule has 3 aromatic rings. The molecule has 62 heavy (non-hydrogen) atoms. The van der Waals surface area contributed by atoms with E-state index in [1.54, 1.807) is 112 Å². The molecule has 1 amide bonds. The molecule has 0 aromatic heterocycles. The van der Waals surface area contributed by atoms with Gasteiger partial charge in [0.15, 0.2) is 29.4 Å². The number of amides is 1. The summed E-state index contributed by atoms with van der Waals surface area (Å²) in [5, 5.41) is 40.5. The van der Waals surface area contributed by atoms with E-state index >= 15 is 4.79 Å². The van der Waals surface area contributed by atoms with Crippen LogP contribution in [-0.2, 0) is 38.1 Å². The number of hydrogen-bond acceptors (Lipinski definition) is 13. The van der Waals surface area contributed by atoms with Crippen LogP contribution in [0.2, 0.25) is 0 Å². The second-order valence-corrected chi connectivity index (χ2v) is 17.8. The SMILES string of the molecule is CC(=O)O[C@H]1C(=O)[C@@]2(C)C(C(CC(=O)c3ccccc3)[C@]3(O)C[C@H](OC(=O)[C@H](O)[C@@H](NC(=O)c4ccccc4)c4ccccc4)C(C)=C1C3(C)C)[C@]1(OC(C)=O)CO[C@@H]1C[C@@H]2O. The van der Waals surface area contributed by atoms with Crippen LogP contribution in [0.1, 0.15) is 93.1 Å². The first kappa shape index (κ1) is 44.5. The molecule has 2 bridgehead atoms. The Morgan fingerprint density at radius 1 is 0.855 bits per heavy atom. The van der Waals surface area contributed by atoms with Gasteiger partial charge in [-0.2, -0.15) is 0 Å². The maximum absolute atomic E-state index is 15.5. The van der Waals surface area contributed by atoms with E-state index in [0.29, 0.717) is 11.1 Å². The van der Waals surface area contributed by atoms with Gasteiger partial charge in [-0.15, -0.1) is 0 Å². The summed E-state index contributed by atoms with van der Waals surface area (Å²) in [7, 11) is 0. The Bertz CT molecular complexity index is 2280. The zero-order chi connectivity index (χ0) is 44.9. The standard InChI is InChI=1S/C48H53NO13/c1-26-34(61-44(57)39(54)38(30-18-12-8-13-19-30)49-43(56)31-20-14-9-15-21-31)24-48(58)32(22-33(52)29-16-10-7-11-17-29)41-46(6,35(53)23-36-47(41,25-59-36)62-28(3)51)42(55)40(60-27(2)50)37(26)45(48,4)5/h7-21,32,34-36,38-41,53-54,58H,22-25H2,1-6H3,(H,49,56)/t32?,34-,35-,36+,38-,39+,40+,41?,46+,47-,48+/m0/s1. The predicted octanol–water partition coefficient (Wildman–Crippen LogP) is 4.40. The van der Waals surface area contributed by atoms with Crippen LogP contribution in [0, 0.1) is 22.7 Å². The van der Waals surface area contributed by atoms with Crippen LogP contribution in [0.25, 0.3) is 0 Å². The molecule has 11 atom stereocenters. The van der Waals surface area contributed by atoms with Crippen molar-refractivity contribution in [2.45, 2.75) is 109 Å². The number of esters is 3. The number of nitrogens with one attached hydrogen (secondary N) is 1. The molecule has 4 aliphatic rings. The number of ketones is 2. The highest BCUT2D eigenvalue weighted by atomic mass is 16.6. The van der Waals surface area contributed by atoms with E-state index in [0.717, 1.165) is 6.92 Å². The number of ether oxygens (including phenoxy) is 4. The molecule has 1 heterocycles. The summed E-state index contributed by atoms with van der Waals surface area (Å²) in [6.45, 7) is 8.40. The van der Waals surface area contributed by atoms with Crippen LogP contribution in [0.3, 0.4) is 0 Å². The lowest BCUT2D eigenvalue weighted by molar-refractivity contribution is -0.339. The molecule has 0 radical (unpaired) electrons. The van der Waals surface area contributed by atoms with Gasteiger partial charge in [0.25, 0.3) is 5.91 Å². The van der Waals surface area contributed by atoms with Gasteiger partial charge in [0.1, 0.15) is 12.2 Å². The lowest BCUT2D eigenvalue weighted by Crippen LogP contribution is -2.80. The Kier molecular flexibility index (Phi) is 11.9. The summed E-state index contributed by atoms with van der Waals surface area (Å²) in [5.74, 6) is -7.22. The van der Waals surface area contributed by atoms with Crippen molar-refractivity contribution in [2.75, 3.05) is 6.61 Å². The summed E-state index contributed by atoms with van der Waals surface area (Å²) in [6, 6.07) is 23.6. The van der Waals surface area contributed by atoms with Gasteiger partial charge in [-0.3, -0.25) is 24.0 Å². The molecule has 7 rings (SSSR count). The number of benzene rings is 3. The Hall–Kier alpha value is -5.54. The normalized spacial score (nSPS) is 31.9. The number of carbonyl (C=O) groups excluding carboxylic acids is 6. The first-order valence-corrected chi connectivity index (χ1v) is 20.8. The monoisotopic (exact) mass is 851 g/mol. The summed E-state index contributed by atoms with van der Waals surface area (Å²) in [4.78, 5) is 83.8. The van der Waals surface area contributed by atoms with E-state index in [-0.39, 0.29) is 29.7 Å². The molecule has 3 aliphatic carbocycles. The molecule has 2 saturated carbocycles. The van der Waals surface area contributed by atoms with Gasteiger partial charge >= 0.3 is 17.9 Å². The maximum Gasteiger partial charge on any atom is 0.338 e. The smallest absolute Gasteiger partial charge is 0.338 e. The van der Waals surface area contributed by atoms with Gasteiger partial charge in [-0.25, -0.2) is 4.79 Å². The van der Waals surface area contributed by atoms with Gasteiger partial charge < -0.3 is 39.6 Å². The highest BCUT2D eigenvalue weighted by molar-refractivity contribution is 5.98. The fraction of sp³-hybridized carbons (Fsp3) is 0.458. The summed E-state index contributed by atoms with van der Waals surface area (Å²) < 4.78 is 24.1. The second kappa shape index (κ2) is 16.6. The van der Waals surface area contributed by atoms with Crippen LogP contribution in [-0.4, -0.2) is 99.0 Å². The minimum absolute atomic E-state index is 0.0771. The van der Waals surface area contributed by atoms with Gasteiger partial charge in [0.2, 0.25) is 0 Å². The first-order chi connectivity index (χ1) is 29.3. The lowest BCUT2D eigenvalue weighted by atomic mass is 9.42. The van der Waals surface area contributed by atoms with Crippen LogP contribution in [0.15, 0.2) is 102 Å². The zero-order valence-electron chi connectivity index (χ0n) is 35.5. The van der Waals surface area contributed by atoms with Crippen molar-refractivity contribution in [3.63, 3.8) is 0 Å². The first-order valence-electron chi connectivity index (χ1n) is 20.8. The summed E-state index contributed by atoms with van der Waals surface area (Å²) in [6.07, 6.45) is -8.61. The largest absolute Gasteiger partial charge is 0.456 e. The number of Topliss-reactive ketones (excluding diaryl/α,β-unsaturated/α-hetero) is 2. The van der Waals surface area contributed by atoms with Crippen molar-refractivity contribution in [1.82, 2.24) is 5.32 Å². The third-order valence-corrected chi connectivity index (χ3v) is 14.0. The van der Waals surface area contributed by atoms with Crippen molar-refractivity contribution in [3.8, 4) is 0 Å². The predicted molar refractivity (Wildman–Crippen MR) is 221 cm³/mol. The van der Waals surface area contributed by atoms with E-state index in [2.05, 4.69) is 5.32 Å². The number of hydrogen-bond donors (Lipinski definition) is 4. The molecule has 14 nitrogen and oxygen atoms in total. The van der Waals surface area contributed by atoms with Crippen molar-refractivity contribution >= 4 is 35.4 Å². The fourth-order valence-corrected chi connectivity index (χ4v) is 10.8. The average molecular weight is 852 g/mol. The number of aliphatic hydroxyl groups is 3. The average Bonchev–Trinajstić information content (AvgIpc) is 3.24. The maximum atomic E-state index is 15.5. The van der Waals surface area contributed by atoms with Gasteiger partial charge in [-0.1, -0.05) is 92.7 Å². The Morgan fingerprint density at radius 2 is 1.44 bits per heavy atom. The van der Waals surface area contributed by atoms with E-state index in [1.165, 1.54) is 13.8 Å². The molecule has 1 saturated heterocycles. The van der Waals surface area contributed by atoms with Gasteiger partial charge in [-0.05, 0) is 42.7 Å². The minimum atomic E-state index is -2.17. The highest BCUT2D eigenvalue weighted by Gasteiger charge is 2.77. The van der Waals surface area contributed by atoms with Gasteiger partial charge in [0.05, 0.1) is 29.8 Å². The Balaban J connectivity index is 1.39. The molecule has 2 unspecified atom stereocenters.